The molecule has 1 aromatic heterocycles. The second-order valence-corrected chi connectivity index (χ2v) is 3.67. The third-order valence-electron chi connectivity index (χ3n) is 2.43. The highest BCUT2D eigenvalue weighted by Gasteiger charge is 1.93. The molecule has 0 N–H and O–H groups in total. The lowest BCUT2D eigenvalue weighted by atomic mass is 10.2. The largest absolute Gasteiger partial charge is 0.466 e. The smallest absolute Gasteiger partial charge is 0.330 e. The van der Waals surface area contributed by atoms with E-state index in [0.717, 1.165) is 16.6 Å². The third kappa shape index (κ3) is 3.04. The number of para-hydroxylation sites is 1. The number of allylic oxidation sites excluding steroid dienone is 2. The van der Waals surface area contributed by atoms with Gasteiger partial charge in [0, 0.05) is 11.5 Å². The molecule has 1 heterocycles. The SMILES string of the molecule is COC(=O)/C=C/C=C/c1ccc2ccccc2n1. The minimum Gasteiger partial charge on any atom is -0.466 e. The maximum absolute atomic E-state index is 10.8. The topological polar surface area (TPSA) is 39.2 Å². The molecule has 18 heavy (non-hydrogen) atoms. The van der Waals surface area contributed by atoms with Crippen LogP contribution in [0.3, 0.4) is 0 Å². The molecule has 2 aromatic rings. The number of carbonyl (C=O) groups is 1. The zero-order valence-electron chi connectivity index (χ0n) is 10.0. The molecule has 0 amide bonds. The summed E-state index contributed by atoms with van der Waals surface area (Å²) in [6, 6.07) is 11.9. The molecule has 0 bridgehead atoms. The van der Waals surface area contributed by atoms with Crippen LogP contribution >= 0.6 is 0 Å². The van der Waals surface area contributed by atoms with Crippen molar-refractivity contribution >= 4 is 22.9 Å². The van der Waals surface area contributed by atoms with Crippen molar-refractivity contribution in [2.45, 2.75) is 0 Å². The van der Waals surface area contributed by atoms with Gasteiger partial charge >= 0.3 is 5.97 Å². The van der Waals surface area contributed by atoms with Crippen LogP contribution in [0.1, 0.15) is 5.69 Å². The Hall–Kier alpha value is -2.42. The van der Waals surface area contributed by atoms with Crippen LogP contribution in [-0.2, 0) is 9.53 Å². The summed E-state index contributed by atoms with van der Waals surface area (Å²) in [6.07, 6.45) is 6.58. The van der Waals surface area contributed by atoms with Gasteiger partial charge in [-0.15, -0.1) is 0 Å². The van der Waals surface area contributed by atoms with E-state index in [-0.39, 0.29) is 5.97 Å². The molecule has 2 rings (SSSR count). The first-order valence-electron chi connectivity index (χ1n) is 5.58. The lowest BCUT2D eigenvalue weighted by Gasteiger charge is -1.97. The molecule has 0 atom stereocenters. The predicted octanol–water partition coefficient (Wildman–Crippen LogP) is 2.98. The molecule has 0 unspecified atom stereocenters. The Bertz CT molecular complexity index is 615. The van der Waals surface area contributed by atoms with E-state index in [4.69, 9.17) is 0 Å². The van der Waals surface area contributed by atoms with Crippen molar-refractivity contribution in [2.24, 2.45) is 0 Å². The van der Waals surface area contributed by atoms with Crippen LogP contribution in [0, 0.1) is 0 Å². The van der Waals surface area contributed by atoms with Gasteiger partial charge in [-0.2, -0.15) is 0 Å². The quantitative estimate of drug-likeness (QED) is 0.469. The number of pyridine rings is 1. The van der Waals surface area contributed by atoms with Gasteiger partial charge in [0.1, 0.15) is 0 Å². The van der Waals surface area contributed by atoms with Crippen LogP contribution < -0.4 is 0 Å². The molecule has 0 saturated heterocycles. The van der Waals surface area contributed by atoms with Gasteiger partial charge in [0.05, 0.1) is 18.3 Å². The number of aromatic nitrogens is 1. The molecule has 0 fully saturated rings. The summed E-state index contributed by atoms with van der Waals surface area (Å²) in [5.74, 6) is -0.369. The summed E-state index contributed by atoms with van der Waals surface area (Å²) >= 11 is 0. The van der Waals surface area contributed by atoms with Crippen LogP contribution in [0.4, 0.5) is 0 Å². The Labute approximate surface area is 105 Å². The molecule has 3 heteroatoms. The van der Waals surface area contributed by atoms with Gasteiger partial charge in [-0.1, -0.05) is 36.4 Å². The van der Waals surface area contributed by atoms with E-state index >= 15 is 0 Å². The van der Waals surface area contributed by atoms with Crippen molar-refractivity contribution in [2.75, 3.05) is 7.11 Å². The number of esters is 1. The fraction of sp³-hybridized carbons (Fsp3) is 0.0667. The highest BCUT2D eigenvalue weighted by Crippen LogP contribution is 2.12. The van der Waals surface area contributed by atoms with Gasteiger partial charge in [-0.3, -0.25) is 0 Å². The van der Waals surface area contributed by atoms with Gasteiger partial charge in [0.2, 0.25) is 0 Å². The highest BCUT2D eigenvalue weighted by atomic mass is 16.5. The molecule has 0 aliphatic rings. The zero-order valence-corrected chi connectivity index (χ0v) is 10.0. The fourth-order valence-corrected chi connectivity index (χ4v) is 1.53. The number of hydrogen-bond donors (Lipinski definition) is 0. The average Bonchev–Trinajstić information content (AvgIpc) is 2.43. The zero-order chi connectivity index (χ0) is 12.8. The summed E-state index contributed by atoms with van der Waals surface area (Å²) in [7, 11) is 1.35. The maximum atomic E-state index is 10.8. The number of hydrogen-bond acceptors (Lipinski definition) is 3. The van der Waals surface area contributed by atoms with E-state index in [1.165, 1.54) is 13.2 Å². The van der Waals surface area contributed by atoms with Gasteiger partial charge in [0.15, 0.2) is 0 Å². The fourth-order valence-electron chi connectivity index (χ4n) is 1.53. The average molecular weight is 239 g/mol. The van der Waals surface area contributed by atoms with Crippen LogP contribution in [0.25, 0.3) is 17.0 Å². The number of ether oxygens (including phenoxy) is 1. The van der Waals surface area contributed by atoms with Crippen molar-refractivity contribution in [3.8, 4) is 0 Å². The minimum absolute atomic E-state index is 0.369. The minimum atomic E-state index is -0.369. The first kappa shape index (κ1) is 12.0. The van der Waals surface area contributed by atoms with Gasteiger partial charge in [-0.25, -0.2) is 9.78 Å². The number of nitrogens with zero attached hydrogens (tertiary/aromatic N) is 1. The monoisotopic (exact) mass is 239 g/mol. The molecular weight excluding hydrogens is 226 g/mol. The number of carbonyl (C=O) groups excluding carboxylic acids is 1. The van der Waals surface area contributed by atoms with Crippen molar-refractivity contribution in [1.82, 2.24) is 4.98 Å². The first-order chi connectivity index (χ1) is 8.79. The molecule has 0 spiro atoms. The molecule has 1 aromatic carbocycles. The van der Waals surface area contributed by atoms with E-state index < -0.39 is 0 Å². The van der Waals surface area contributed by atoms with Gasteiger partial charge in [-0.05, 0) is 18.2 Å². The molecule has 3 nitrogen and oxygen atoms in total. The van der Waals surface area contributed by atoms with Crippen molar-refractivity contribution in [1.29, 1.82) is 0 Å². The lowest BCUT2D eigenvalue weighted by molar-refractivity contribution is -0.134. The van der Waals surface area contributed by atoms with Crippen LogP contribution in [0.15, 0.2) is 54.6 Å². The van der Waals surface area contributed by atoms with Crippen LogP contribution in [0.2, 0.25) is 0 Å². The number of methoxy groups -OCH3 is 1. The van der Waals surface area contributed by atoms with Crippen molar-refractivity contribution in [3.63, 3.8) is 0 Å². The van der Waals surface area contributed by atoms with Gasteiger partial charge < -0.3 is 4.74 Å². The van der Waals surface area contributed by atoms with Crippen molar-refractivity contribution in [3.05, 3.63) is 60.3 Å². The Balaban J connectivity index is 2.14. The molecular formula is C15H13NO2. The molecule has 90 valence electrons. The third-order valence-corrected chi connectivity index (χ3v) is 2.43. The Morgan fingerprint density at radius 1 is 1.17 bits per heavy atom. The molecule has 0 saturated carbocycles. The Kier molecular flexibility index (Phi) is 3.86. The summed E-state index contributed by atoms with van der Waals surface area (Å²) < 4.78 is 4.48. The summed E-state index contributed by atoms with van der Waals surface area (Å²) in [4.78, 5) is 15.3. The first-order valence-corrected chi connectivity index (χ1v) is 5.58. The van der Waals surface area contributed by atoms with E-state index in [0.29, 0.717) is 0 Å². The van der Waals surface area contributed by atoms with E-state index in [1.54, 1.807) is 12.2 Å². The van der Waals surface area contributed by atoms with Crippen molar-refractivity contribution < 1.29 is 9.53 Å². The standard InChI is InChI=1S/C15H13NO2/c1-18-15(17)9-5-3-7-13-11-10-12-6-2-4-8-14(12)16-13/h2-11H,1H3/b7-3+,9-5+. The van der Waals surface area contributed by atoms with Crippen LogP contribution in [0.5, 0.6) is 0 Å². The summed E-state index contributed by atoms with van der Waals surface area (Å²) in [6.45, 7) is 0. The predicted molar refractivity (Wildman–Crippen MR) is 71.9 cm³/mol. The number of rotatable bonds is 3. The molecule has 0 aliphatic heterocycles. The summed E-state index contributed by atoms with van der Waals surface area (Å²) in [5.41, 5.74) is 1.81. The Morgan fingerprint density at radius 2 is 2.00 bits per heavy atom. The van der Waals surface area contributed by atoms with Gasteiger partial charge in [0.25, 0.3) is 0 Å². The van der Waals surface area contributed by atoms with E-state index in [1.807, 2.05) is 42.5 Å². The normalized spacial score (nSPS) is 11.4. The Morgan fingerprint density at radius 3 is 2.83 bits per heavy atom. The second kappa shape index (κ2) is 5.77. The second-order valence-electron chi connectivity index (χ2n) is 3.67. The van der Waals surface area contributed by atoms with Crippen LogP contribution in [-0.4, -0.2) is 18.1 Å². The maximum Gasteiger partial charge on any atom is 0.330 e. The molecule has 0 aliphatic carbocycles. The van der Waals surface area contributed by atoms with E-state index in [9.17, 15) is 4.79 Å². The highest BCUT2D eigenvalue weighted by molar-refractivity contribution is 5.82. The lowest BCUT2D eigenvalue weighted by Crippen LogP contribution is -1.92. The molecule has 0 radical (unpaired) electrons. The number of fused-ring (bicyclic) bond motifs is 1. The van der Waals surface area contributed by atoms with E-state index in [2.05, 4.69) is 9.72 Å². The summed E-state index contributed by atoms with van der Waals surface area (Å²) in [5, 5.41) is 1.11. The number of benzene rings is 1.